The molecule has 8 heteroatoms. The highest BCUT2D eigenvalue weighted by Crippen LogP contribution is 2.27. The van der Waals surface area contributed by atoms with E-state index < -0.39 is 5.97 Å². The van der Waals surface area contributed by atoms with E-state index >= 15 is 0 Å². The van der Waals surface area contributed by atoms with Gasteiger partial charge in [0.25, 0.3) is 0 Å². The van der Waals surface area contributed by atoms with E-state index in [2.05, 4.69) is 27.3 Å². The number of hydrogen-bond acceptors (Lipinski definition) is 5. The summed E-state index contributed by atoms with van der Waals surface area (Å²) in [6, 6.07) is 6.23. The quantitative estimate of drug-likeness (QED) is 0.754. The molecule has 0 radical (unpaired) electrons. The number of hydrogen-bond donors (Lipinski definition) is 2. The van der Waals surface area contributed by atoms with Crippen LogP contribution in [0.15, 0.2) is 22.7 Å². The number of halogens is 1. The second-order valence-electron chi connectivity index (χ2n) is 6.57. The molecule has 1 aromatic rings. The molecule has 0 spiro atoms. The average molecular weight is 422 g/mol. The number of nitriles is 1. The molecular formula is C18H20BrN3O4. The lowest BCUT2D eigenvalue weighted by molar-refractivity contribution is -0.133. The van der Waals surface area contributed by atoms with E-state index in [1.807, 2.05) is 0 Å². The summed E-state index contributed by atoms with van der Waals surface area (Å²) in [5.74, 6) is -0.555. The van der Waals surface area contributed by atoms with Crippen LogP contribution in [0.25, 0.3) is 0 Å². The zero-order chi connectivity index (χ0) is 18.7. The molecule has 2 N–H and O–H groups in total. The summed E-state index contributed by atoms with van der Waals surface area (Å²) in [5, 5.41) is 21.5. The lowest BCUT2D eigenvalue weighted by atomic mass is 10.1. The van der Waals surface area contributed by atoms with Gasteiger partial charge >= 0.3 is 5.97 Å². The molecule has 0 unspecified atom stereocenters. The Kier molecular flexibility index (Phi) is 5.79. The third kappa shape index (κ3) is 4.00. The largest absolute Gasteiger partial charge is 0.491 e. The van der Waals surface area contributed by atoms with Crippen molar-refractivity contribution in [2.24, 2.45) is 0 Å². The van der Waals surface area contributed by atoms with Crippen LogP contribution in [0.4, 0.5) is 0 Å². The highest BCUT2D eigenvalue weighted by Gasteiger charge is 2.37. The number of nitrogens with zero attached hydrogens (tertiary/aromatic N) is 2. The van der Waals surface area contributed by atoms with E-state index in [-0.39, 0.29) is 29.6 Å². The van der Waals surface area contributed by atoms with E-state index in [1.54, 1.807) is 11.0 Å². The number of likely N-dealkylation sites (tertiary alicyclic amines) is 1. The van der Waals surface area contributed by atoms with E-state index in [0.29, 0.717) is 29.8 Å². The van der Waals surface area contributed by atoms with Gasteiger partial charge in [-0.3, -0.25) is 10.1 Å². The van der Waals surface area contributed by atoms with Gasteiger partial charge in [0.2, 0.25) is 5.91 Å². The van der Waals surface area contributed by atoms with Crippen molar-refractivity contribution >= 4 is 27.8 Å². The molecule has 1 amide bonds. The molecule has 7 nitrogen and oxygen atoms in total. The van der Waals surface area contributed by atoms with Crippen LogP contribution in [-0.4, -0.2) is 53.2 Å². The minimum atomic E-state index is -1.01. The molecule has 2 fully saturated rings. The molecule has 138 valence electrons. The van der Waals surface area contributed by atoms with E-state index in [0.717, 1.165) is 19.3 Å². The first-order valence-electron chi connectivity index (χ1n) is 8.61. The third-order valence-corrected chi connectivity index (χ3v) is 5.50. The Balaban J connectivity index is 1.55. The monoisotopic (exact) mass is 421 g/mol. The Morgan fingerprint density at radius 2 is 2.19 bits per heavy atom. The number of ether oxygens (including phenoxy) is 1. The molecule has 3 rings (SSSR count). The number of aromatic carboxylic acids is 1. The lowest BCUT2D eigenvalue weighted by Gasteiger charge is -2.24. The summed E-state index contributed by atoms with van der Waals surface area (Å²) in [7, 11) is 0. The second kappa shape index (κ2) is 8.06. The molecule has 3 atom stereocenters. The number of carbonyl (C=O) groups excluding carboxylic acids is 1. The molecular weight excluding hydrogens is 402 g/mol. The smallest absolute Gasteiger partial charge is 0.335 e. The van der Waals surface area contributed by atoms with Crippen molar-refractivity contribution in [2.75, 3.05) is 13.2 Å². The van der Waals surface area contributed by atoms with Gasteiger partial charge < -0.3 is 14.7 Å². The maximum absolute atomic E-state index is 12.6. The number of amides is 1. The number of carboxylic acids is 1. The predicted molar refractivity (Wildman–Crippen MR) is 96.9 cm³/mol. The standard InChI is InChI=1S/C18H20BrN3O4/c19-14-5-3-11(18(24)25)8-16(14)26-10-12-4-6-15(21-12)17(23)22-7-1-2-13(22)9-20/h3,5,8,12-13,15,21H,1-2,4,6-7,10H2,(H,24,25)/t12-,13+,15+/m1/s1. The molecule has 1 aromatic carbocycles. The number of benzene rings is 1. The summed E-state index contributed by atoms with van der Waals surface area (Å²) >= 11 is 3.35. The zero-order valence-electron chi connectivity index (χ0n) is 14.2. The van der Waals surface area contributed by atoms with E-state index in [9.17, 15) is 9.59 Å². The van der Waals surface area contributed by atoms with Crippen molar-refractivity contribution in [2.45, 2.75) is 43.8 Å². The van der Waals surface area contributed by atoms with Crippen LogP contribution < -0.4 is 10.1 Å². The number of carboxylic acid groups (broad SMARTS) is 1. The Bertz CT molecular complexity index is 748. The van der Waals surface area contributed by atoms with Gasteiger partial charge in [0.1, 0.15) is 18.4 Å². The van der Waals surface area contributed by atoms with Crippen LogP contribution >= 0.6 is 15.9 Å². The van der Waals surface area contributed by atoms with Crippen molar-refractivity contribution in [3.8, 4) is 11.8 Å². The van der Waals surface area contributed by atoms with Gasteiger partial charge in [-0.25, -0.2) is 4.79 Å². The molecule has 2 aliphatic heterocycles. The van der Waals surface area contributed by atoms with E-state index in [4.69, 9.17) is 15.1 Å². The molecule has 2 saturated heterocycles. The first-order chi connectivity index (χ1) is 12.5. The van der Waals surface area contributed by atoms with Gasteiger partial charge in [0.05, 0.1) is 22.1 Å². The number of nitrogens with one attached hydrogen (secondary N) is 1. The summed E-state index contributed by atoms with van der Waals surface area (Å²) in [6.45, 7) is 0.985. The normalized spacial score (nSPS) is 25.1. The predicted octanol–water partition coefficient (Wildman–Crippen LogP) is 2.16. The molecule has 0 bridgehead atoms. The van der Waals surface area contributed by atoms with Gasteiger partial charge in [-0.05, 0) is 59.8 Å². The summed E-state index contributed by atoms with van der Waals surface area (Å²) in [6.07, 6.45) is 3.11. The lowest BCUT2D eigenvalue weighted by Crippen LogP contribution is -2.47. The van der Waals surface area contributed by atoms with Gasteiger partial charge in [0, 0.05) is 12.6 Å². The second-order valence-corrected chi connectivity index (χ2v) is 7.43. The average Bonchev–Trinajstić information content (AvgIpc) is 3.29. The van der Waals surface area contributed by atoms with Crippen molar-refractivity contribution in [3.05, 3.63) is 28.2 Å². The van der Waals surface area contributed by atoms with Crippen LogP contribution in [0.1, 0.15) is 36.0 Å². The Morgan fingerprint density at radius 1 is 1.38 bits per heavy atom. The van der Waals surface area contributed by atoms with Crippen molar-refractivity contribution in [1.82, 2.24) is 10.2 Å². The van der Waals surface area contributed by atoms with Crippen LogP contribution in [-0.2, 0) is 4.79 Å². The van der Waals surface area contributed by atoms with E-state index in [1.165, 1.54) is 12.1 Å². The fraction of sp³-hybridized carbons (Fsp3) is 0.500. The first-order valence-corrected chi connectivity index (χ1v) is 9.40. The minimum Gasteiger partial charge on any atom is -0.491 e. The van der Waals surface area contributed by atoms with Crippen molar-refractivity contribution < 1.29 is 19.4 Å². The molecule has 26 heavy (non-hydrogen) atoms. The van der Waals surface area contributed by atoms with Crippen molar-refractivity contribution in [3.63, 3.8) is 0 Å². The Labute approximate surface area is 160 Å². The Morgan fingerprint density at radius 3 is 2.92 bits per heavy atom. The number of rotatable bonds is 5. The summed E-state index contributed by atoms with van der Waals surface area (Å²) in [4.78, 5) is 25.4. The SMILES string of the molecule is N#C[C@@H]1CCCN1C(=O)[C@@H]1CC[C@H](COc2cc(C(=O)O)ccc2Br)N1. The zero-order valence-corrected chi connectivity index (χ0v) is 15.7. The van der Waals surface area contributed by atoms with Crippen molar-refractivity contribution in [1.29, 1.82) is 5.26 Å². The highest BCUT2D eigenvalue weighted by molar-refractivity contribution is 9.10. The van der Waals surface area contributed by atoms with Crippen LogP contribution in [0.2, 0.25) is 0 Å². The minimum absolute atomic E-state index is 0.00692. The maximum Gasteiger partial charge on any atom is 0.335 e. The molecule has 2 aliphatic rings. The summed E-state index contributed by atoms with van der Waals surface area (Å²) < 4.78 is 6.44. The highest BCUT2D eigenvalue weighted by atomic mass is 79.9. The maximum atomic E-state index is 12.6. The van der Waals surface area contributed by atoms with Gasteiger partial charge in [0.15, 0.2) is 0 Å². The fourth-order valence-electron chi connectivity index (χ4n) is 3.45. The van der Waals surface area contributed by atoms with Crippen LogP contribution in [0.3, 0.4) is 0 Å². The number of carbonyl (C=O) groups is 2. The van der Waals surface area contributed by atoms with Crippen LogP contribution in [0.5, 0.6) is 5.75 Å². The third-order valence-electron chi connectivity index (χ3n) is 4.84. The first kappa shape index (κ1) is 18.7. The molecule has 0 aliphatic carbocycles. The van der Waals surface area contributed by atoms with Gasteiger partial charge in [-0.15, -0.1) is 0 Å². The molecule has 0 saturated carbocycles. The van der Waals surface area contributed by atoms with Gasteiger partial charge in [-0.2, -0.15) is 5.26 Å². The topological polar surface area (TPSA) is 103 Å². The summed E-state index contributed by atoms with van der Waals surface area (Å²) in [5.41, 5.74) is 0.159. The Hall–Kier alpha value is -2.11. The molecule has 2 heterocycles. The van der Waals surface area contributed by atoms with Gasteiger partial charge in [-0.1, -0.05) is 0 Å². The van der Waals surface area contributed by atoms with Crippen LogP contribution in [0, 0.1) is 11.3 Å². The fourth-order valence-corrected chi connectivity index (χ4v) is 3.81. The molecule has 0 aromatic heterocycles.